The molecule has 0 fully saturated rings. The van der Waals surface area contributed by atoms with Crippen LogP contribution < -0.4 is 5.32 Å². The maximum Gasteiger partial charge on any atom is 0.416 e. The number of carbonyl (C=O) groups is 2. The minimum atomic E-state index is -4.56. The van der Waals surface area contributed by atoms with Gasteiger partial charge in [-0.05, 0) is 42.3 Å². The van der Waals surface area contributed by atoms with Crippen molar-refractivity contribution in [2.24, 2.45) is 0 Å². The van der Waals surface area contributed by atoms with Crippen LogP contribution in [0.25, 0.3) is 0 Å². The molecule has 2 aromatic rings. The Kier molecular flexibility index (Phi) is 6.63. The number of esters is 1. The zero-order chi connectivity index (χ0) is 19.2. The number of nitrogens with one attached hydrogen (secondary N) is 1. The molecule has 0 spiro atoms. The van der Waals surface area contributed by atoms with Gasteiger partial charge in [0.2, 0.25) is 0 Å². The van der Waals surface area contributed by atoms with E-state index in [1.165, 1.54) is 6.07 Å². The maximum absolute atomic E-state index is 12.6. The normalized spacial score (nSPS) is 11.1. The SMILES string of the molecule is O=C(COC(=O)c1cccc(C(F)(F)F)c1)NCCc1ccc(Cl)cc1. The minimum Gasteiger partial charge on any atom is -0.452 e. The molecule has 8 heteroatoms. The summed E-state index contributed by atoms with van der Waals surface area (Å²) in [7, 11) is 0. The van der Waals surface area contributed by atoms with Gasteiger partial charge in [0, 0.05) is 11.6 Å². The summed E-state index contributed by atoms with van der Waals surface area (Å²) in [6, 6.07) is 10.9. The van der Waals surface area contributed by atoms with Crippen molar-refractivity contribution >= 4 is 23.5 Å². The second-order valence-corrected chi connectivity index (χ2v) is 5.82. The van der Waals surface area contributed by atoms with Crippen LogP contribution in [0.1, 0.15) is 21.5 Å². The minimum absolute atomic E-state index is 0.270. The molecule has 0 bridgehead atoms. The van der Waals surface area contributed by atoms with Gasteiger partial charge in [0.25, 0.3) is 5.91 Å². The molecule has 1 amide bonds. The Morgan fingerprint density at radius 3 is 2.42 bits per heavy atom. The molecule has 1 N–H and O–H groups in total. The van der Waals surface area contributed by atoms with Crippen molar-refractivity contribution in [1.29, 1.82) is 0 Å². The quantitative estimate of drug-likeness (QED) is 0.768. The van der Waals surface area contributed by atoms with E-state index in [9.17, 15) is 22.8 Å². The van der Waals surface area contributed by atoms with Crippen LogP contribution in [0.2, 0.25) is 5.02 Å². The van der Waals surface area contributed by atoms with E-state index in [1.807, 2.05) is 12.1 Å². The van der Waals surface area contributed by atoms with Crippen molar-refractivity contribution in [2.45, 2.75) is 12.6 Å². The largest absolute Gasteiger partial charge is 0.452 e. The molecule has 0 unspecified atom stereocenters. The molecule has 0 aliphatic carbocycles. The van der Waals surface area contributed by atoms with Crippen LogP contribution in [0.15, 0.2) is 48.5 Å². The number of hydrogen-bond acceptors (Lipinski definition) is 3. The van der Waals surface area contributed by atoms with Crippen molar-refractivity contribution in [3.05, 3.63) is 70.2 Å². The number of halogens is 4. The molecule has 2 aromatic carbocycles. The molecule has 0 aromatic heterocycles. The highest BCUT2D eigenvalue weighted by molar-refractivity contribution is 6.30. The second kappa shape index (κ2) is 8.71. The lowest BCUT2D eigenvalue weighted by atomic mass is 10.1. The van der Waals surface area contributed by atoms with Gasteiger partial charge in [-0.1, -0.05) is 29.8 Å². The van der Waals surface area contributed by atoms with E-state index < -0.39 is 30.2 Å². The van der Waals surface area contributed by atoms with E-state index >= 15 is 0 Å². The number of carbonyl (C=O) groups excluding carboxylic acids is 2. The molecular weight excluding hydrogens is 371 g/mol. The first-order valence-electron chi connectivity index (χ1n) is 7.61. The molecule has 26 heavy (non-hydrogen) atoms. The average molecular weight is 386 g/mol. The van der Waals surface area contributed by atoms with E-state index in [1.54, 1.807) is 12.1 Å². The summed E-state index contributed by atoms with van der Waals surface area (Å²) in [6.07, 6.45) is -4.00. The van der Waals surface area contributed by atoms with Crippen LogP contribution in [0, 0.1) is 0 Å². The molecule has 138 valence electrons. The van der Waals surface area contributed by atoms with Gasteiger partial charge in [-0.15, -0.1) is 0 Å². The summed E-state index contributed by atoms with van der Waals surface area (Å²) < 4.78 is 42.6. The highest BCUT2D eigenvalue weighted by atomic mass is 35.5. The zero-order valence-corrected chi connectivity index (χ0v) is 14.2. The third-order valence-electron chi connectivity index (χ3n) is 3.41. The number of amides is 1. The van der Waals surface area contributed by atoms with Gasteiger partial charge in [0.15, 0.2) is 6.61 Å². The van der Waals surface area contributed by atoms with Gasteiger partial charge >= 0.3 is 12.1 Å². The van der Waals surface area contributed by atoms with Crippen LogP contribution in [0.4, 0.5) is 13.2 Å². The van der Waals surface area contributed by atoms with E-state index in [-0.39, 0.29) is 5.56 Å². The van der Waals surface area contributed by atoms with E-state index in [4.69, 9.17) is 16.3 Å². The molecule has 0 radical (unpaired) electrons. The average Bonchev–Trinajstić information content (AvgIpc) is 2.61. The Hall–Kier alpha value is -2.54. The predicted molar refractivity (Wildman–Crippen MR) is 89.9 cm³/mol. The molecule has 0 aliphatic rings. The summed E-state index contributed by atoms with van der Waals surface area (Å²) in [5, 5.41) is 3.17. The Morgan fingerprint density at radius 1 is 1.08 bits per heavy atom. The number of benzene rings is 2. The van der Waals surface area contributed by atoms with Crippen LogP contribution >= 0.6 is 11.6 Å². The van der Waals surface area contributed by atoms with Crippen molar-refractivity contribution in [3.63, 3.8) is 0 Å². The Bertz CT molecular complexity index is 776. The monoisotopic (exact) mass is 385 g/mol. The summed E-state index contributed by atoms with van der Waals surface area (Å²) in [4.78, 5) is 23.4. The number of hydrogen-bond donors (Lipinski definition) is 1. The Labute approximate surface area is 152 Å². The van der Waals surface area contributed by atoms with E-state index in [2.05, 4.69) is 5.32 Å². The highest BCUT2D eigenvalue weighted by Gasteiger charge is 2.31. The van der Waals surface area contributed by atoms with Crippen LogP contribution in [-0.4, -0.2) is 25.0 Å². The highest BCUT2D eigenvalue weighted by Crippen LogP contribution is 2.29. The first kappa shape index (κ1) is 19.8. The second-order valence-electron chi connectivity index (χ2n) is 5.38. The fraction of sp³-hybridized carbons (Fsp3) is 0.222. The maximum atomic E-state index is 12.6. The van der Waals surface area contributed by atoms with Crippen LogP contribution in [0.3, 0.4) is 0 Å². The van der Waals surface area contributed by atoms with E-state index in [0.29, 0.717) is 24.1 Å². The lowest BCUT2D eigenvalue weighted by molar-refractivity contribution is -0.137. The third kappa shape index (κ3) is 6.07. The van der Waals surface area contributed by atoms with Gasteiger partial charge < -0.3 is 10.1 Å². The molecule has 2 rings (SSSR count). The Balaban J connectivity index is 1.78. The molecule has 0 aliphatic heterocycles. The topological polar surface area (TPSA) is 55.4 Å². The van der Waals surface area contributed by atoms with Crippen molar-refractivity contribution in [3.8, 4) is 0 Å². The summed E-state index contributed by atoms with van der Waals surface area (Å²) in [5.41, 5.74) is -0.260. The molecule has 0 heterocycles. The first-order chi connectivity index (χ1) is 12.3. The van der Waals surface area contributed by atoms with Gasteiger partial charge in [-0.3, -0.25) is 4.79 Å². The number of ether oxygens (including phenoxy) is 1. The first-order valence-corrected chi connectivity index (χ1v) is 7.99. The fourth-order valence-electron chi connectivity index (χ4n) is 2.09. The Morgan fingerprint density at radius 2 is 1.77 bits per heavy atom. The summed E-state index contributed by atoms with van der Waals surface area (Å²) in [5.74, 6) is -1.54. The van der Waals surface area contributed by atoms with Crippen molar-refractivity contribution in [2.75, 3.05) is 13.2 Å². The van der Waals surface area contributed by atoms with Crippen LogP contribution in [-0.2, 0) is 22.1 Å². The number of alkyl halides is 3. The molecule has 0 atom stereocenters. The van der Waals surface area contributed by atoms with Crippen LogP contribution in [0.5, 0.6) is 0 Å². The molecular formula is C18H15ClF3NO3. The summed E-state index contributed by atoms with van der Waals surface area (Å²) in [6.45, 7) is -0.253. The van der Waals surface area contributed by atoms with Crippen molar-refractivity contribution < 1.29 is 27.5 Å². The lowest BCUT2D eigenvalue weighted by Gasteiger charge is -2.09. The van der Waals surface area contributed by atoms with Gasteiger partial charge in [0.1, 0.15) is 0 Å². The molecule has 0 saturated carbocycles. The molecule has 0 saturated heterocycles. The van der Waals surface area contributed by atoms with E-state index in [0.717, 1.165) is 17.7 Å². The van der Waals surface area contributed by atoms with Crippen molar-refractivity contribution in [1.82, 2.24) is 5.32 Å². The van der Waals surface area contributed by atoms with Gasteiger partial charge in [0.05, 0.1) is 11.1 Å². The summed E-state index contributed by atoms with van der Waals surface area (Å²) >= 11 is 5.77. The predicted octanol–water partition coefficient (Wildman–Crippen LogP) is 3.87. The van der Waals surface area contributed by atoms with Gasteiger partial charge in [-0.2, -0.15) is 13.2 Å². The smallest absolute Gasteiger partial charge is 0.416 e. The number of rotatable bonds is 6. The fourth-order valence-corrected chi connectivity index (χ4v) is 2.21. The standard InChI is InChI=1S/C18H15ClF3NO3/c19-15-6-4-12(5-7-15)8-9-23-16(24)11-26-17(25)13-2-1-3-14(10-13)18(20,21)22/h1-7,10H,8-9,11H2,(H,23,24). The lowest BCUT2D eigenvalue weighted by Crippen LogP contribution is -2.30. The third-order valence-corrected chi connectivity index (χ3v) is 3.66. The van der Waals surface area contributed by atoms with Gasteiger partial charge in [-0.25, -0.2) is 4.79 Å². The molecule has 4 nitrogen and oxygen atoms in total. The zero-order valence-electron chi connectivity index (χ0n) is 13.5.